The highest BCUT2D eigenvalue weighted by molar-refractivity contribution is 5.98. The van der Waals surface area contributed by atoms with E-state index in [-0.39, 0.29) is 30.8 Å². The molecule has 27 heavy (non-hydrogen) atoms. The van der Waals surface area contributed by atoms with Gasteiger partial charge in [-0.05, 0) is 36.4 Å². The van der Waals surface area contributed by atoms with E-state index < -0.39 is 0 Å². The summed E-state index contributed by atoms with van der Waals surface area (Å²) in [6.45, 7) is 1.97. The van der Waals surface area contributed by atoms with Gasteiger partial charge < -0.3 is 20.9 Å². The van der Waals surface area contributed by atoms with Crippen molar-refractivity contribution in [1.82, 2.24) is 20.6 Å². The topological polar surface area (TPSA) is 116 Å². The summed E-state index contributed by atoms with van der Waals surface area (Å²) in [5.41, 5.74) is 3.08. The van der Waals surface area contributed by atoms with Crippen LogP contribution in [-0.4, -0.2) is 40.8 Å². The van der Waals surface area contributed by atoms with E-state index in [1.807, 2.05) is 0 Å². The average Bonchev–Trinajstić information content (AvgIpc) is 3.12. The van der Waals surface area contributed by atoms with E-state index >= 15 is 0 Å². The largest absolute Gasteiger partial charge is 0.350 e. The molecule has 1 heterocycles. The van der Waals surface area contributed by atoms with Crippen LogP contribution in [0.1, 0.15) is 27.6 Å². The van der Waals surface area contributed by atoms with E-state index in [1.54, 1.807) is 48.8 Å². The minimum absolute atomic E-state index is 0.205. The van der Waals surface area contributed by atoms with Crippen LogP contribution in [0, 0.1) is 0 Å². The van der Waals surface area contributed by atoms with Gasteiger partial charge in [-0.1, -0.05) is 6.07 Å². The Labute approximate surface area is 155 Å². The second-order valence-electron chi connectivity index (χ2n) is 5.91. The van der Waals surface area contributed by atoms with E-state index in [0.29, 0.717) is 16.8 Å². The molecule has 0 aliphatic rings. The summed E-state index contributed by atoms with van der Waals surface area (Å²) in [5, 5.41) is 8.11. The van der Waals surface area contributed by atoms with Gasteiger partial charge in [0.2, 0.25) is 5.91 Å². The van der Waals surface area contributed by atoms with E-state index in [4.69, 9.17) is 0 Å². The minimum Gasteiger partial charge on any atom is -0.350 e. The summed E-state index contributed by atoms with van der Waals surface area (Å²) in [7, 11) is 0. The monoisotopic (exact) mass is 365 g/mol. The lowest BCUT2D eigenvalue weighted by Crippen LogP contribution is -2.34. The van der Waals surface area contributed by atoms with Crippen molar-refractivity contribution in [2.75, 3.05) is 18.4 Å². The molecule has 0 aliphatic heterocycles. The van der Waals surface area contributed by atoms with Gasteiger partial charge in [0.25, 0.3) is 11.8 Å². The summed E-state index contributed by atoms with van der Waals surface area (Å²) in [4.78, 5) is 42.5. The maximum absolute atomic E-state index is 12.2. The van der Waals surface area contributed by atoms with Crippen LogP contribution >= 0.6 is 0 Å². The van der Waals surface area contributed by atoms with Crippen molar-refractivity contribution in [3.8, 4) is 0 Å². The number of anilines is 1. The van der Waals surface area contributed by atoms with Crippen LogP contribution < -0.4 is 16.0 Å². The normalized spacial score (nSPS) is 10.4. The maximum Gasteiger partial charge on any atom is 0.251 e. The summed E-state index contributed by atoms with van der Waals surface area (Å²) in [5.74, 6) is -0.715. The molecule has 0 unspecified atom stereocenters. The Morgan fingerprint density at radius 1 is 0.963 bits per heavy atom. The number of carbonyl (C=O) groups excluding carboxylic acids is 3. The van der Waals surface area contributed by atoms with Crippen molar-refractivity contribution < 1.29 is 14.4 Å². The third kappa shape index (κ3) is 4.69. The Hall–Kier alpha value is -3.68. The van der Waals surface area contributed by atoms with Gasteiger partial charge in [0.1, 0.15) is 0 Å². The summed E-state index contributed by atoms with van der Waals surface area (Å²) >= 11 is 0. The van der Waals surface area contributed by atoms with E-state index in [2.05, 4.69) is 25.9 Å². The number of rotatable bonds is 6. The molecule has 0 atom stereocenters. The molecule has 8 heteroatoms. The molecule has 1 aromatic heterocycles. The first-order valence-corrected chi connectivity index (χ1v) is 8.40. The Morgan fingerprint density at radius 2 is 1.67 bits per heavy atom. The molecule has 4 N–H and O–H groups in total. The smallest absolute Gasteiger partial charge is 0.251 e. The summed E-state index contributed by atoms with van der Waals surface area (Å²) < 4.78 is 0. The Kier molecular flexibility index (Phi) is 5.46. The zero-order chi connectivity index (χ0) is 19.2. The molecule has 0 fully saturated rings. The van der Waals surface area contributed by atoms with E-state index in [0.717, 1.165) is 11.0 Å². The fourth-order valence-electron chi connectivity index (χ4n) is 2.57. The minimum atomic E-state index is -0.282. The molecule has 3 amide bonds. The standard InChI is InChI=1S/C19H19N5O3/c1-12(25)24-15-4-2-3-13(9-15)18(26)20-7-8-21-19(27)14-5-6-16-17(10-14)23-11-22-16/h2-6,9-11H,7-8H2,1H3,(H,20,26)(H,21,27)(H,22,23)(H,24,25). The summed E-state index contributed by atoms with van der Waals surface area (Å²) in [6, 6.07) is 11.8. The molecule has 0 saturated carbocycles. The first-order chi connectivity index (χ1) is 13.0. The fraction of sp³-hybridized carbons (Fsp3) is 0.158. The number of benzene rings is 2. The zero-order valence-corrected chi connectivity index (χ0v) is 14.7. The Balaban J connectivity index is 1.48. The Bertz CT molecular complexity index is 996. The number of H-pyrrole nitrogens is 1. The number of hydrogen-bond donors (Lipinski definition) is 4. The van der Waals surface area contributed by atoms with Crippen LogP contribution in [0.4, 0.5) is 5.69 Å². The molecule has 8 nitrogen and oxygen atoms in total. The van der Waals surface area contributed by atoms with Crippen LogP contribution in [0.2, 0.25) is 0 Å². The van der Waals surface area contributed by atoms with Crippen LogP contribution in [0.25, 0.3) is 11.0 Å². The van der Waals surface area contributed by atoms with Crippen LogP contribution in [-0.2, 0) is 4.79 Å². The first kappa shape index (κ1) is 18.1. The van der Waals surface area contributed by atoms with E-state index in [9.17, 15) is 14.4 Å². The number of hydrogen-bond acceptors (Lipinski definition) is 4. The number of aromatic nitrogens is 2. The molecular weight excluding hydrogens is 346 g/mol. The molecule has 0 radical (unpaired) electrons. The van der Waals surface area contributed by atoms with Gasteiger partial charge >= 0.3 is 0 Å². The van der Waals surface area contributed by atoms with Gasteiger partial charge in [0.05, 0.1) is 17.4 Å². The van der Waals surface area contributed by atoms with Crippen molar-refractivity contribution in [2.45, 2.75) is 6.92 Å². The van der Waals surface area contributed by atoms with Crippen LogP contribution in [0.15, 0.2) is 48.8 Å². The predicted octanol–water partition coefficient (Wildman–Crippen LogP) is 1.68. The predicted molar refractivity (Wildman–Crippen MR) is 102 cm³/mol. The number of nitrogens with one attached hydrogen (secondary N) is 4. The second-order valence-corrected chi connectivity index (χ2v) is 5.91. The number of aromatic amines is 1. The molecule has 138 valence electrons. The maximum atomic E-state index is 12.2. The number of fused-ring (bicyclic) bond motifs is 1. The molecule has 0 saturated heterocycles. The van der Waals surface area contributed by atoms with Crippen molar-refractivity contribution in [3.05, 3.63) is 59.9 Å². The fourth-order valence-corrected chi connectivity index (χ4v) is 2.57. The average molecular weight is 365 g/mol. The van der Waals surface area contributed by atoms with Gasteiger partial charge in [0, 0.05) is 36.8 Å². The molecule has 2 aromatic carbocycles. The third-order valence-corrected chi connectivity index (χ3v) is 3.82. The van der Waals surface area contributed by atoms with Crippen molar-refractivity contribution >= 4 is 34.4 Å². The van der Waals surface area contributed by atoms with Gasteiger partial charge in [0.15, 0.2) is 0 Å². The molecule has 0 spiro atoms. The van der Waals surface area contributed by atoms with E-state index in [1.165, 1.54) is 6.92 Å². The number of carbonyl (C=O) groups is 3. The van der Waals surface area contributed by atoms with Gasteiger partial charge in [-0.25, -0.2) is 4.98 Å². The quantitative estimate of drug-likeness (QED) is 0.497. The number of imidazole rings is 1. The SMILES string of the molecule is CC(=O)Nc1cccc(C(=O)NCCNC(=O)c2ccc3nc[nH]c3c2)c1. The highest BCUT2D eigenvalue weighted by Crippen LogP contribution is 2.12. The lowest BCUT2D eigenvalue weighted by Gasteiger charge is -2.08. The van der Waals surface area contributed by atoms with Crippen molar-refractivity contribution in [2.24, 2.45) is 0 Å². The molecule has 0 aliphatic carbocycles. The Morgan fingerprint density at radius 3 is 2.37 bits per heavy atom. The molecule has 3 rings (SSSR count). The van der Waals surface area contributed by atoms with Crippen LogP contribution in [0.3, 0.4) is 0 Å². The van der Waals surface area contributed by atoms with Gasteiger partial charge in [-0.3, -0.25) is 14.4 Å². The molecule has 0 bridgehead atoms. The third-order valence-electron chi connectivity index (χ3n) is 3.82. The van der Waals surface area contributed by atoms with Gasteiger partial charge in [-0.2, -0.15) is 0 Å². The first-order valence-electron chi connectivity index (χ1n) is 8.40. The lowest BCUT2D eigenvalue weighted by molar-refractivity contribution is -0.114. The molecule has 3 aromatic rings. The van der Waals surface area contributed by atoms with Crippen LogP contribution in [0.5, 0.6) is 0 Å². The zero-order valence-electron chi connectivity index (χ0n) is 14.7. The second kappa shape index (κ2) is 8.13. The highest BCUT2D eigenvalue weighted by Gasteiger charge is 2.09. The lowest BCUT2D eigenvalue weighted by atomic mass is 10.2. The summed E-state index contributed by atoms with van der Waals surface area (Å²) in [6.07, 6.45) is 1.57. The van der Waals surface area contributed by atoms with Crippen molar-refractivity contribution in [3.63, 3.8) is 0 Å². The van der Waals surface area contributed by atoms with Crippen molar-refractivity contribution in [1.29, 1.82) is 0 Å². The number of nitrogens with zero attached hydrogens (tertiary/aromatic N) is 1. The molecular formula is C19H19N5O3. The number of amides is 3. The van der Waals surface area contributed by atoms with Gasteiger partial charge in [-0.15, -0.1) is 0 Å². The highest BCUT2D eigenvalue weighted by atomic mass is 16.2.